The summed E-state index contributed by atoms with van der Waals surface area (Å²) in [5, 5.41) is 0. The minimum atomic E-state index is -3.97. The molecule has 0 aromatic heterocycles. The van der Waals surface area contributed by atoms with Crippen molar-refractivity contribution in [2.75, 3.05) is 0 Å². The maximum absolute atomic E-state index is 11.8. The molecule has 0 nitrogen and oxygen atoms in total. The van der Waals surface area contributed by atoms with Crippen molar-refractivity contribution in [2.45, 2.75) is 76.8 Å². The monoisotopic (exact) mass is 250 g/mol. The molecule has 0 fully saturated rings. The molecule has 0 saturated heterocycles. The van der Waals surface area contributed by atoms with Crippen molar-refractivity contribution in [3.05, 3.63) is 12.7 Å². The van der Waals surface area contributed by atoms with E-state index in [0.29, 0.717) is 6.42 Å². The van der Waals surface area contributed by atoms with Gasteiger partial charge in [-0.25, -0.2) is 0 Å². The lowest BCUT2D eigenvalue weighted by atomic mass is 10.1. The molecule has 0 aliphatic rings. The summed E-state index contributed by atoms with van der Waals surface area (Å²) in [7, 11) is 0. The van der Waals surface area contributed by atoms with Crippen molar-refractivity contribution in [2.24, 2.45) is 0 Å². The standard InChI is InChI=1S/C14H25F3/c1-2-3-4-5-6-7-8-9-10-11-12-13-14(15,16)17/h2H,1,3-13H2. The van der Waals surface area contributed by atoms with E-state index >= 15 is 0 Å². The Labute approximate surface area is 103 Å². The minimum Gasteiger partial charge on any atom is -0.171 e. The molecule has 0 aromatic carbocycles. The van der Waals surface area contributed by atoms with Gasteiger partial charge in [-0.3, -0.25) is 0 Å². The van der Waals surface area contributed by atoms with Gasteiger partial charge in [0.15, 0.2) is 0 Å². The Kier molecular flexibility index (Phi) is 10.4. The number of unbranched alkanes of at least 4 members (excludes halogenated alkanes) is 9. The van der Waals surface area contributed by atoms with Gasteiger partial charge in [-0.05, 0) is 19.3 Å². The molecule has 0 aliphatic carbocycles. The highest BCUT2D eigenvalue weighted by atomic mass is 19.4. The average Bonchev–Trinajstić information content (AvgIpc) is 2.24. The van der Waals surface area contributed by atoms with E-state index in [-0.39, 0.29) is 0 Å². The first-order chi connectivity index (χ1) is 8.06. The van der Waals surface area contributed by atoms with Gasteiger partial charge in [-0.1, -0.05) is 51.0 Å². The number of hydrogen-bond acceptors (Lipinski definition) is 0. The number of rotatable bonds is 11. The van der Waals surface area contributed by atoms with Crippen molar-refractivity contribution < 1.29 is 13.2 Å². The van der Waals surface area contributed by atoms with Crippen LogP contribution in [0.4, 0.5) is 13.2 Å². The fraction of sp³-hybridized carbons (Fsp3) is 0.857. The molecular weight excluding hydrogens is 225 g/mol. The van der Waals surface area contributed by atoms with Gasteiger partial charge in [-0.15, -0.1) is 6.58 Å². The molecule has 0 saturated carbocycles. The molecule has 0 N–H and O–H groups in total. The highest BCUT2D eigenvalue weighted by Crippen LogP contribution is 2.23. The molecule has 102 valence electrons. The van der Waals surface area contributed by atoms with Gasteiger partial charge >= 0.3 is 6.18 Å². The number of halogens is 3. The molecule has 0 aliphatic heterocycles. The van der Waals surface area contributed by atoms with Crippen molar-refractivity contribution in [1.29, 1.82) is 0 Å². The van der Waals surface area contributed by atoms with E-state index in [1.807, 2.05) is 6.08 Å². The highest BCUT2D eigenvalue weighted by Gasteiger charge is 2.25. The Balaban J connectivity index is 3.01. The van der Waals surface area contributed by atoms with Crippen LogP contribution in [0.15, 0.2) is 12.7 Å². The average molecular weight is 250 g/mol. The maximum Gasteiger partial charge on any atom is 0.389 e. The topological polar surface area (TPSA) is 0 Å². The Morgan fingerprint density at radius 1 is 0.706 bits per heavy atom. The summed E-state index contributed by atoms with van der Waals surface area (Å²) < 4.78 is 35.5. The van der Waals surface area contributed by atoms with E-state index in [0.717, 1.165) is 25.7 Å². The predicted octanol–water partition coefficient (Wildman–Crippen LogP) is 6.03. The quantitative estimate of drug-likeness (QED) is 0.310. The first kappa shape index (κ1) is 16.5. The fourth-order valence-electron chi connectivity index (χ4n) is 1.85. The van der Waals surface area contributed by atoms with Gasteiger partial charge in [0.05, 0.1) is 0 Å². The second kappa shape index (κ2) is 10.7. The van der Waals surface area contributed by atoms with Gasteiger partial charge in [0.25, 0.3) is 0 Å². The van der Waals surface area contributed by atoms with Crippen LogP contribution in [0.1, 0.15) is 70.6 Å². The molecule has 0 unspecified atom stereocenters. The lowest BCUT2D eigenvalue weighted by Gasteiger charge is -2.05. The zero-order chi connectivity index (χ0) is 13.0. The van der Waals surface area contributed by atoms with Crippen LogP contribution in [-0.2, 0) is 0 Å². The molecule has 0 atom stereocenters. The van der Waals surface area contributed by atoms with E-state index < -0.39 is 12.6 Å². The van der Waals surface area contributed by atoms with Gasteiger partial charge < -0.3 is 0 Å². The van der Waals surface area contributed by atoms with Gasteiger partial charge in [0.1, 0.15) is 0 Å². The van der Waals surface area contributed by atoms with Crippen LogP contribution in [0, 0.1) is 0 Å². The fourth-order valence-corrected chi connectivity index (χ4v) is 1.85. The molecular formula is C14H25F3. The Morgan fingerprint density at radius 3 is 1.53 bits per heavy atom. The predicted molar refractivity (Wildman–Crippen MR) is 67.0 cm³/mol. The Morgan fingerprint density at radius 2 is 1.12 bits per heavy atom. The third-order valence-corrected chi connectivity index (χ3v) is 2.87. The minimum absolute atomic E-state index is 0.294. The van der Waals surface area contributed by atoms with Crippen molar-refractivity contribution >= 4 is 0 Å². The molecule has 0 radical (unpaired) electrons. The third-order valence-electron chi connectivity index (χ3n) is 2.87. The normalized spacial score (nSPS) is 11.7. The van der Waals surface area contributed by atoms with E-state index in [2.05, 4.69) is 6.58 Å². The number of allylic oxidation sites excluding steroid dienone is 1. The summed E-state index contributed by atoms with van der Waals surface area (Å²) in [6, 6.07) is 0. The Hall–Kier alpha value is -0.470. The summed E-state index contributed by atoms with van der Waals surface area (Å²) in [5.41, 5.74) is 0. The van der Waals surface area contributed by atoms with Crippen LogP contribution in [-0.4, -0.2) is 6.18 Å². The van der Waals surface area contributed by atoms with Gasteiger partial charge in [-0.2, -0.15) is 13.2 Å². The van der Waals surface area contributed by atoms with Crippen LogP contribution in [0.25, 0.3) is 0 Å². The lowest BCUT2D eigenvalue weighted by molar-refractivity contribution is -0.135. The van der Waals surface area contributed by atoms with E-state index in [9.17, 15) is 13.2 Å². The highest BCUT2D eigenvalue weighted by molar-refractivity contribution is 4.65. The van der Waals surface area contributed by atoms with Crippen LogP contribution in [0.3, 0.4) is 0 Å². The zero-order valence-corrected chi connectivity index (χ0v) is 10.7. The van der Waals surface area contributed by atoms with Crippen LogP contribution < -0.4 is 0 Å². The first-order valence-electron chi connectivity index (χ1n) is 6.74. The largest absolute Gasteiger partial charge is 0.389 e. The molecule has 0 aromatic rings. The second-order valence-corrected chi connectivity index (χ2v) is 4.62. The number of alkyl halides is 3. The molecule has 3 heteroatoms. The molecule has 0 bridgehead atoms. The van der Waals surface area contributed by atoms with E-state index in [4.69, 9.17) is 0 Å². The van der Waals surface area contributed by atoms with E-state index in [1.165, 1.54) is 32.1 Å². The smallest absolute Gasteiger partial charge is 0.171 e. The van der Waals surface area contributed by atoms with Crippen molar-refractivity contribution in [3.63, 3.8) is 0 Å². The first-order valence-corrected chi connectivity index (χ1v) is 6.74. The summed E-state index contributed by atoms with van der Waals surface area (Å²) in [6.07, 6.45) is 7.60. The Bertz CT molecular complexity index is 173. The summed E-state index contributed by atoms with van der Waals surface area (Å²) in [5.74, 6) is 0. The third kappa shape index (κ3) is 15.5. The molecule has 0 rings (SSSR count). The summed E-state index contributed by atoms with van der Waals surface area (Å²) in [6.45, 7) is 3.67. The van der Waals surface area contributed by atoms with Gasteiger partial charge in [0, 0.05) is 6.42 Å². The van der Waals surface area contributed by atoms with Crippen LogP contribution in [0.5, 0.6) is 0 Å². The molecule has 0 spiro atoms. The van der Waals surface area contributed by atoms with Crippen molar-refractivity contribution in [3.8, 4) is 0 Å². The molecule has 0 heterocycles. The summed E-state index contributed by atoms with van der Waals surface area (Å²) in [4.78, 5) is 0. The number of hydrogen-bond donors (Lipinski definition) is 0. The zero-order valence-electron chi connectivity index (χ0n) is 10.7. The SMILES string of the molecule is C=CCCCCCCCCCCCC(F)(F)F. The molecule has 0 amide bonds. The lowest BCUT2D eigenvalue weighted by Crippen LogP contribution is -2.06. The second-order valence-electron chi connectivity index (χ2n) is 4.62. The van der Waals surface area contributed by atoms with Crippen LogP contribution in [0.2, 0.25) is 0 Å². The van der Waals surface area contributed by atoms with Crippen LogP contribution >= 0.6 is 0 Å². The molecule has 17 heavy (non-hydrogen) atoms. The maximum atomic E-state index is 11.8. The summed E-state index contributed by atoms with van der Waals surface area (Å²) >= 11 is 0. The van der Waals surface area contributed by atoms with Crippen molar-refractivity contribution in [1.82, 2.24) is 0 Å². The van der Waals surface area contributed by atoms with Gasteiger partial charge in [0.2, 0.25) is 0 Å². The van der Waals surface area contributed by atoms with E-state index in [1.54, 1.807) is 0 Å².